The predicted molar refractivity (Wildman–Crippen MR) is 79.4 cm³/mol. The zero-order valence-electron chi connectivity index (χ0n) is 11.3. The maximum Gasteiger partial charge on any atom is 0.123 e. The summed E-state index contributed by atoms with van der Waals surface area (Å²) in [6.45, 7) is 2.97. The van der Waals surface area contributed by atoms with Crippen LogP contribution in [-0.4, -0.2) is 13.6 Å². The fourth-order valence-corrected chi connectivity index (χ4v) is 1.94. The van der Waals surface area contributed by atoms with Crippen molar-refractivity contribution in [3.8, 4) is 11.1 Å². The number of likely N-dealkylation sites (N-methyl/N-ethyl adjacent to an activating group) is 1. The van der Waals surface area contributed by atoms with Crippen LogP contribution in [0.15, 0.2) is 54.6 Å². The van der Waals surface area contributed by atoms with Crippen LogP contribution in [0.4, 0.5) is 4.39 Å². The molecule has 2 aromatic rings. The Morgan fingerprint density at radius 2 is 1.53 bits per heavy atom. The molecule has 0 amide bonds. The molecule has 1 N–H and O–H groups in total. The number of rotatable bonds is 4. The summed E-state index contributed by atoms with van der Waals surface area (Å²) >= 11 is 0. The van der Waals surface area contributed by atoms with Crippen molar-refractivity contribution in [2.24, 2.45) is 0 Å². The van der Waals surface area contributed by atoms with E-state index in [0.717, 1.165) is 17.7 Å². The molecule has 0 aromatic heterocycles. The minimum atomic E-state index is -0.203. The van der Waals surface area contributed by atoms with Gasteiger partial charge in [-0.1, -0.05) is 42.5 Å². The van der Waals surface area contributed by atoms with Crippen molar-refractivity contribution < 1.29 is 4.39 Å². The van der Waals surface area contributed by atoms with Gasteiger partial charge in [-0.25, -0.2) is 4.39 Å². The molecule has 0 radical (unpaired) electrons. The molecular formula is C17H18FN. The first-order valence-electron chi connectivity index (χ1n) is 6.38. The lowest BCUT2D eigenvalue weighted by atomic mass is 10.0. The minimum Gasteiger partial charge on any atom is -0.316 e. The van der Waals surface area contributed by atoms with Crippen LogP contribution in [0.5, 0.6) is 0 Å². The summed E-state index contributed by atoms with van der Waals surface area (Å²) < 4.78 is 12.9. The van der Waals surface area contributed by atoms with Gasteiger partial charge in [-0.05, 0) is 48.4 Å². The fraction of sp³-hybridized carbons (Fsp3) is 0.176. The smallest absolute Gasteiger partial charge is 0.123 e. The van der Waals surface area contributed by atoms with E-state index in [-0.39, 0.29) is 5.82 Å². The van der Waals surface area contributed by atoms with Gasteiger partial charge in [0.05, 0.1) is 0 Å². The molecule has 0 saturated carbocycles. The first-order chi connectivity index (χ1) is 9.20. The number of allylic oxidation sites excluding steroid dienone is 1. The molecule has 0 aliphatic heterocycles. The van der Waals surface area contributed by atoms with Gasteiger partial charge in [0.2, 0.25) is 0 Å². The second kappa shape index (κ2) is 6.30. The Hall–Kier alpha value is -1.93. The van der Waals surface area contributed by atoms with Gasteiger partial charge in [0.15, 0.2) is 0 Å². The van der Waals surface area contributed by atoms with Crippen LogP contribution in [0.25, 0.3) is 16.7 Å². The van der Waals surface area contributed by atoms with E-state index in [9.17, 15) is 4.39 Å². The number of nitrogens with one attached hydrogen (secondary N) is 1. The number of halogens is 1. The lowest BCUT2D eigenvalue weighted by Crippen LogP contribution is -2.04. The van der Waals surface area contributed by atoms with Crippen molar-refractivity contribution in [2.75, 3.05) is 13.6 Å². The Labute approximate surface area is 113 Å². The van der Waals surface area contributed by atoms with Crippen molar-refractivity contribution in [1.82, 2.24) is 5.32 Å². The summed E-state index contributed by atoms with van der Waals surface area (Å²) in [4.78, 5) is 0. The normalized spacial score (nSPS) is 11.6. The average molecular weight is 255 g/mol. The number of hydrogen-bond donors (Lipinski definition) is 1. The van der Waals surface area contributed by atoms with E-state index in [1.54, 1.807) is 12.1 Å². The highest BCUT2D eigenvalue weighted by Gasteiger charge is 1.99. The summed E-state index contributed by atoms with van der Waals surface area (Å²) in [7, 11) is 1.93. The Kier molecular flexibility index (Phi) is 4.48. The summed E-state index contributed by atoms with van der Waals surface area (Å²) in [6.07, 6.45) is 2.16. The van der Waals surface area contributed by atoms with E-state index in [1.165, 1.54) is 23.3 Å². The van der Waals surface area contributed by atoms with Gasteiger partial charge >= 0.3 is 0 Å². The van der Waals surface area contributed by atoms with E-state index >= 15 is 0 Å². The number of benzene rings is 2. The largest absolute Gasteiger partial charge is 0.316 e. The zero-order valence-corrected chi connectivity index (χ0v) is 11.3. The van der Waals surface area contributed by atoms with Crippen LogP contribution < -0.4 is 5.32 Å². The molecule has 0 aliphatic rings. The van der Waals surface area contributed by atoms with Gasteiger partial charge in [0, 0.05) is 6.54 Å². The maximum absolute atomic E-state index is 12.9. The summed E-state index contributed by atoms with van der Waals surface area (Å²) in [6, 6.07) is 14.9. The molecule has 98 valence electrons. The lowest BCUT2D eigenvalue weighted by molar-refractivity contribution is 0.628. The number of hydrogen-bond acceptors (Lipinski definition) is 1. The van der Waals surface area contributed by atoms with Gasteiger partial charge in [-0.15, -0.1) is 0 Å². The molecule has 0 unspecified atom stereocenters. The third-order valence-electron chi connectivity index (χ3n) is 3.13. The Morgan fingerprint density at radius 1 is 1.00 bits per heavy atom. The molecule has 0 saturated heterocycles. The molecule has 0 aliphatic carbocycles. The average Bonchev–Trinajstić information content (AvgIpc) is 2.46. The predicted octanol–water partition coefficient (Wildman–Crippen LogP) is 4.12. The van der Waals surface area contributed by atoms with E-state index in [4.69, 9.17) is 0 Å². The second-order valence-electron chi connectivity index (χ2n) is 4.53. The summed E-state index contributed by atoms with van der Waals surface area (Å²) in [5.41, 5.74) is 4.59. The van der Waals surface area contributed by atoms with Crippen molar-refractivity contribution in [3.05, 3.63) is 66.0 Å². The van der Waals surface area contributed by atoms with Gasteiger partial charge in [0.1, 0.15) is 5.82 Å². The van der Waals surface area contributed by atoms with Gasteiger partial charge in [-0.2, -0.15) is 0 Å². The van der Waals surface area contributed by atoms with Gasteiger partial charge in [-0.3, -0.25) is 0 Å². The minimum absolute atomic E-state index is 0.203. The van der Waals surface area contributed by atoms with Crippen LogP contribution in [0, 0.1) is 5.82 Å². The maximum atomic E-state index is 12.9. The molecule has 2 heteroatoms. The SMILES string of the molecule is CNC/C=C(/C)c1ccc(-c2ccc(F)cc2)cc1. The van der Waals surface area contributed by atoms with Crippen molar-refractivity contribution >= 4 is 5.57 Å². The van der Waals surface area contributed by atoms with Crippen molar-refractivity contribution in [3.63, 3.8) is 0 Å². The van der Waals surface area contributed by atoms with E-state index in [1.807, 2.05) is 7.05 Å². The van der Waals surface area contributed by atoms with E-state index < -0.39 is 0 Å². The van der Waals surface area contributed by atoms with E-state index in [2.05, 4.69) is 42.6 Å². The summed E-state index contributed by atoms with van der Waals surface area (Å²) in [5, 5.41) is 3.10. The molecule has 19 heavy (non-hydrogen) atoms. The molecule has 0 bridgehead atoms. The highest BCUT2D eigenvalue weighted by molar-refractivity contribution is 5.69. The highest BCUT2D eigenvalue weighted by atomic mass is 19.1. The topological polar surface area (TPSA) is 12.0 Å². The van der Waals surface area contributed by atoms with Crippen LogP contribution in [0.1, 0.15) is 12.5 Å². The molecule has 2 rings (SSSR count). The second-order valence-corrected chi connectivity index (χ2v) is 4.53. The molecular weight excluding hydrogens is 237 g/mol. The lowest BCUT2D eigenvalue weighted by Gasteiger charge is -2.05. The molecule has 0 spiro atoms. The third kappa shape index (κ3) is 3.52. The first kappa shape index (κ1) is 13.5. The van der Waals surface area contributed by atoms with Gasteiger partial charge in [0.25, 0.3) is 0 Å². The first-order valence-corrected chi connectivity index (χ1v) is 6.38. The fourth-order valence-electron chi connectivity index (χ4n) is 1.94. The highest BCUT2D eigenvalue weighted by Crippen LogP contribution is 2.22. The van der Waals surface area contributed by atoms with Crippen LogP contribution in [-0.2, 0) is 0 Å². The van der Waals surface area contributed by atoms with Crippen LogP contribution in [0.2, 0.25) is 0 Å². The van der Waals surface area contributed by atoms with Gasteiger partial charge < -0.3 is 5.32 Å². The molecule has 0 atom stereocenters. The molecule has 0 fully saturated rings. The van der Waals surface area contributed by atoms with Crippen LogP contribution in [0.3, 0.4) is 0 Å². The molecule has 1 nitrogen and oxygen atoms in total. The Balaban J connectivity index is 2.21. The molecule has 2 aromatic carbocycles. The summed E-state index contributed by atoms with van der Waals surface area (Å²) in [5.74, 6) is -0.203. The quantitative estimate of drug-likeness (QED) is 0.866. The van der Waals surface area contributed by atoms with Crippen LogP contribution >= 0.6 is 0 Å². The Morgan fingerprint density at radius 3 is 2.05 bits per heavy atom. The van der Waals surface area contributed by atoms with Crippen molar-refractivity contribution in [2.45, 2.75) is 6.92 Å². The third-order valence-corrected chi connectivity index (χ3v) is 3.13. The monoisotopic (exact) mass is 255 g/mol. The zero-order chi connectivity index (χ0) is 13.7. The molecule has 0 heterocycles. The van der Waals surface area contributed by atoms with Crippen molar-refractivity contribution in [1.29, 1.82) is 0 Å². The Bertz CT molecular complexity index is 553. The van der Waals surface area contributed by atoms with E-state index in [0.29, 0.717) is 0 Å². The standard InChI is InChI=1S/C17H18FN/c1-13(11-12-19-2)14-3-5-15(6-4-14)16-7-9-17(18)10-8-16/h3-11,19H,12H2,1-2H3/b13-11-.